The summed E-state index contributed by atoms with van der Waals surface area (Å²) in [4.78, 5) is 9.82. The summed E-state index contributed by atoms with van der Waals surface area (Å²) < 4.78 is 6.65. The van der Waals surface area contributed by atoms with Gasteiger partial charge in [-0.25, -0.2) is 0 Å². The van der Waals surface area contributed by atoms with E-state index in [2.05, 4.69) is 31.4 Å². The molecule has 6 heteroatoms. The zero-order valence-corrected chi connectivity index (χ0v) is 12.1. The molecule has 3 rings (SSSR count). The van der Waals surface area contributed by atoms with Crippen LogP contribution < -0.4 is 5.32 Å². The van der Waals surface area contributed by atoms with Gasteiger partial charge in [0.05, 0.1) is 18.4 Å². The Balaban J connectivity index is 1.55. The molecule has 0 bridgehead atoms. The number of nitrogens with one attached hydrogen (secondary N) is 1. The van der Waals surface area contributed by atoms with Gasteiger partial charge in [0.2, 0.25) is 0 Å². The van der Waals surface area contributed by atoms with E-state index in [0.717, 1.165) is 48.4 Å². The monoisotopic (exact) mass is 325 g/mol. The van der Waals surface area contributed by atoms with Gasteiger partial charge in [-0.15, -0.1) is 0 Å². The molecular formula is C13H16BrN3O2. The highest BCUT2D eigenvalue weighted by atomic mass is 79.9. The molecule has 0 amide bonds. The molecule has 0 aromatic carbocycles. The fraction of sp³-hybridized carbons (Fsp3) is 0.538. The quantitative estimate of drug-likeness (QED) is 0.919. The third-order valence-electron chi connectivity index (χ3n) is 3.29. The molecular weight excluding hydrogens is 310 g/mol. The van der Waals surface area contributed by atoms with Crippen molar-refractivity contribution in [2.45, 2.75) is 25.0 Å². The molecule has 2 unspecified atom stereocenters. The smallest absolute Gasteiger partial charge is 0.135 e. The summed E-state index contributed by atoms with van der Waals surface area (Å²) in [5, 5.41) is 7.47. The van der Waals surface area contributed by atoms with Crippen LogP contribution in [-0.2, 0) is 9.57 Å². The molecule has 5 nitrogen and oxygen atoms in total. The van der Waals surface area contributed by atoms with E-state index in [-0.39, 0.29) is 12.2 Å². The van der Waals surface area contributed by atoms with Crippen molar-refractivity contribution in [1.29, 1.82) is 0 Å². The van der Waals surface area contributed by atoms with Crippen molar-refractivity contribution >= 4 is 21.6 Å². The topological polar surface area (TPSA) is 55.7 Å². The van der Waals surface area contributed by atoms with Crippen LogP contribution in [0, 0.1) is 0 Å². The molecule has 0 radical (unpaired) electrons. The molecule has 2 aliphatic rings. The molecule has 0 aliphatic carbocycles. The van der Waals surface area contributed by atoms with Crippen molar-refractivity contribution in [2.24, 2.45) is 5.16 Å². The standard InChI is InChI=1S/C13H16BrN3O2/c14-9-1-2-12(16-7-9)13-6-10(19-17-13)5-11-8-15-3-4-18-11/h1-2,7,10-11,15H,3-6,8H2. The summed E-state index contributed by atoms with van der Waals surface area (Å²) in [6.07, 6.45) is 3.78. The van der Waals surface area contributed by atoms with Gasteiger partial charge in [0.1, 0.15) is 11.8 Å². The van der Waals surface area contributed by atoms with Crippen LogP contribution in [0.4, 0.5) is 0 Å². The van der Waals surface area contributed by atoms with E-state index in [1.807, 2.05) is 12.1 Å². The molecule has 0 saturated carbocycles. The molecule has 2 atom stereocenters. The molecule has 1 aromatic heterocycles. The maximum atomic E-state index is 5.68. The number of rotatable bonds is 3. The Morgan fingerprint density at radius 2 is 2.32 bits per heavy atom. The molecule has 1 saturated heterocycles. The lowest BCUT2D eigenvalue weighted by Gasteiger charge is -2.24. The molecule has 3 heterocycles. The zero-order chi connectivity index (χ0) is 13.1. The Morgan fingerprint density at radius 3 is 3.05 bits per heavy atom. The second-order valence-electron chi connectivity index (χ2n) is 4.76. The Labute approximate surface area is 120 Å². The van der Waals surface area contributed by atoms with Crippen LogP contribution in [0.3, 0.4) is 0 Å². The first kappa shape index (κ1) is 13.0. The summed E-state index contributed by atoms with van der Waals surface area (Å²) in [6, 6.07) is 3.92. The van der Waals surface area contributed by atoms with Crippen molar-refractivity contribution in [3.8, 4) is 0 Å². The van der Waals surface area contributed by atoms with E-state index in [1.165, 1.54) is 0 Å². The highest BCUT2D eigenvalue weighted by Gasteiger charge is 2.27. The number of aromatic nitrogens is 1. The van der Waals surface area contributed by atoms with Crippen LogP contribution in [0.15, 0.2) is 28.0 Å². The third-order valence-corrected chi connectivity index (χ3v) is 3.76. The Bertz CT molecular complexity index is 457. The maximum Gasteiger partial charge on any atom is 0.135 e. The van der Waals surface area contributed by atoms with Crippen LogP contribution in [0.25, 0.3) is 0 Å². The average Bonchev–Trinajstić information content (AvgIpc) is 2.89. The Kier molecular flexibility index (Phi) is 4.10. The molecule has 102 valence electrons. The SMILES string of the molecule is Brc1ccc(C2=NOC(CC3CNCCO3)C2)nc1. The van der Waals surface area contributed by atoms with Crippen LogP contribution >= 0.6 is 15.9 Å². The number of nitrogens with zero attached hydrogens (tertiary/aromatic N) is 2. The summed E-state index contributed by atoms with van der Waals surface area (Å²) in [5.41, 5.74) is 1.80. The van der Waals surface area contributed by atoms with Crippen LogP contribution in [-0.4, -0.2) is 42.6 Å². The van der Waals surface area contributed by atoms with Gasteiger partial charge in [-0.2, -0.15) is 0 Å². The number of oxime groups is 1. The first-order valence-corrected chi connectivity index (χ1v) is 7.27. The van der Waals surface area contributed by atoms with Gasteiger partial charge in [0.15, 0.2) is 0 Å². The minimum atomic E-state index is 0.102. The van der Waals surface area contributed by atoms with Crippen LogP contribution in [0.2, 0.25) is 0 Å². The minimum absolute atomic E-state index is 0.102. The summed E-state index contributed by atoms with van der Waals surface area (Å²) >= 11 is 3.37. The van der Waals surface area contributed by atoms with Gasteiger partial charge in [0, 0.05) is 36.6 Å². The summed E-state index contributed by atoms with van der Waals surface area (Å²) in [7, 11) is 0. The van der Waals surface area contributed by atoms with Crippen molar-refractivity contribution in [2.75, 3.05) is 19.7 Å². The van der Waals surface area contributed by atoms with Crippen molar-refractivity contribution in [3.63, 3.8) is 0 Å². The number of hydrogen-bond acceptors (Lipinski definition) is 5. The highest BCUT2D eigenvalue weighted by molar-refractivity contribution is 9.10. The van der Waals surface area contributed by atoms with E-state index < -0.39 is 0 Å². The second-order valence-corrected chi connectivity index (χ2v) is 5.68. The third kappa shape index (κ3) is 3.32. The van der Waals surface area contributed by atoms with E-state index in [4.69, 9.17) is 9.57 Å². The fourth-order valence-corrected chi connectivity index (χ4v) is 2.55. The van der Waals surface area contributed by atoms with Crippen molar-refractivity contribution in [1.82, 2.24) is 10.3 Å². The van der Waals surface area contributed by atoms with Gasteiger partial charge in [-0.05, 0) is 28.1 Å². The van der Waals surface area contributed by atoms with Gasteiger partial charge in [-0.1, -0.05) is 5.16 Å². The number of ether oxygens (including phenoxy) is 1. The van der Waals surface area contributed by atoms with Gasteiger partial charge >= 0.3 is 0 Å². The first-order valence-electron chi connectivity index (χ1n) is 6.48. The number of morpholine rings is 1. The largest absolute Gasteiger partial charge is 0.392 e. The van der Waals surface area contributed by atoms with Gasteiger partial charge in [-0.3, -0.25) is 4.98 Å². The lowest BCUT2D eigenvalue weighted by atomic mass is 10.0. The van der Waals surface area contributed by atoms with E-state index in [0.29, 0.717) is 0 Å². The lowest BCUT2D eigenvalue weighted by molar-refractivity contribution is -0.0182. The fourth-order valence-electron chi connectivity index (χ4n) is 2.32. The number of pyridine rings is 1. The van der Waals surface area contributed by atoms with Crippen molar-refractivity contribution < 1.29 is 9.57 Å². The predicted octanol–water partition coefficient (Wildman–Crippen LogP) is 1.72. The predicted molar refractivity (Wildman–Crippen MR) is 75.2 cm³/mol. The lowest BCUT2D eigenvalue weighted by Crippen LogP contribution is -2.40. The second kappa shape index (κ2) is 5.98. The molecule has 19 heavy (non-hydrogen) atoms. The average molecular weight is 326 g/mol. The van der Waals surface area contributed by atoms with Gasteiger partial charge < -0.3 is 14.9 Å². The normalized spacial score (nSPS) is 26.9. The number of halogens is 1. The maximum absolute atomic E-state index is 5.68. The Hall–Kier alpha value is -0.980. The van der Waals surface area contributed by atoms with Gasteiger partial charge in [0.25, 0.3) is 0 Å². The molecule has 1 N–H and O–H groups in total. The molecule has 2 aliphatic heterocycles. The van der Waals surface area contributed by atoms with E-state index >= 15 is 0 Å². The Morgan fingerprint density at radius 1 is 1.37 bits per heavy atom. The summed E-state index contributed by atoms with van der Waals surface area (Å²) in [6.45, 7) is 2.61. The van der Waals surface area contributed by atoms with Crippen molar-refractivity contribution in [3.05, 3.63) is 28.5 Å². The molecule has 1 aromatic rings. The summed E-state index contributed by atoms with van der Waals surface area (Å²) in [5.74, 6) is 0. The highest BCUT2D eigenvalue weighted by Crippen LogP contribution is 2.21. The minimum Gasteiger partial charge on any atom is -0.392 e. The van der Waals surface area contributed by atoms with Crippen LogP contribution in [0.5, 0.6) is 0 Å². The number of hydrogen-bond donors (Lipinski definition) is 1. The first-order chi connectivity index (χ1) is 9.31. The van der Waals surface area contributed by atoms with E-state index in [1.54, 1.807) is 6.20 Å². The van der Waals surface area contributed by atoms with Crippen LogP contribution in [0.1, 0.15) is 18.5 Å². The molecule has 0 spiro atoms. The van der Waals surface area contributed by atoms with E-state index in [9.17, 15) is 0 Å². The molecule has 1 fully saturated rings. The zero-order valence-electron chi connectivity index (χ0n) is 10.5.